The van der Waals surface area contributed by atoms with E-state index in [0.29, 0.717) is 21.2 Å². The minimum absolute atomic E-state index is 0.101. The number of benzene rings is 2. The molecule has 4 heteroatoms. The first-order valence-electron chi connectivity index (χ1n) is 4.55. The SMILES string of the molecule is Oc1ccc(-c2ccc(O)cc2Cl)c(Cl)c1. The van der Waals surface area contributed by atoms with Crippen molar-refractivity contribution in [2.45, 2.75) is 0 Å². The van der Waals surface area contributed by atoms with Crippen molar-refractivity contribution in [3.05, 3.63) is 46.4 Å². The fourth-order valence-corrected chi connectivity index (χ4v) is 2.00. The van der Waals surface area contributed by atoms with Gasteiger partial charge in [0.15, 0.2) is 0 Å². The summed E-state index contributed by atoms with van der Waals surface area (Å²) in [5.41, 5.74) is 1.42. The molecule has 0 amide bonds. The highest BCUT2D eigenvalue weighted by Crippen LogP contribution is 2.36. The van der Waals surface area contributed by atoms with E-state index >= 15 is 0 Å². The molecule has 0 unspecified atom stereocenters. The molecule has 2 rings (SSSR count). The molecule has 0 bridgehead atoms. The lowest BCUT2D eigenvalue weighted by Crippen LogP contribution is -1.81. The van der Waals surface area contributed by atoms with E-state index in [1.54, 1.807) is 12.1 Å². The third-order valence-corrected chi connectivity index (χ3v) is 2.82. The molecule has 2 aromatic rings. The third-order valence-electron chi connectivity index (χ3n) is 2.20. The number of halogens is 2. The molecule has 0 saturated carbocycles. The molecule has 16 heavy (non-hydrogen) atoms. The molecule has 2 N–H and O–H groups in total. The summed E-state index contributed by atoms with van der Waals surface area (Å²) in [5.74, 6) is 0.201. The molecule has 2 nitrogen and oxygen atoms in total. The Morgan fingerprint density at radius 2 is 1.06 bits per heavy atom. The second-order valence-electron chi connectivity index (χ2n) is 3.33. The molecule has 0 saturated heterocycles. The van der Waals surface area contributed by atoms with Crippen molar-refractivity contribution in [3.8, 4) is 22.6 Å². The average Bonchev–Trinajstić information content (AvgIpc) is 2.19. The Hall–Kier alpha value is -1.38. The minimum Gasteiger partial charge on any atom is -0.508 e. The van der Waals surface area contributed by atoms with E-state index in [1.165, 1.54) is 24.3 Å². The summed E-state index contributed by atoms with van der Waals surface area (Å²) in [5, 5.41) is 19.3. The lowest BCUT2D eigenvalue weighted by atomic mass is 10.1. The Morgan fingerprint density at radius 1 is 0.688 bits per heavy atom. The van der Waals surface area contributed by atoms with Gasteiger partial charge in [-0.1, -0.05) is 23.2 Å². The highest BCUT2D eigenvalue weighted by Gasteiger charge is 2.08. The first kappa shape index (κ1) is 11.1. The molecule has 2 aromatic carbocycles. The second-order valence-corrected chi connectivity index (χ2v) is 4.14. The van der Waals surface area contributed by atoms with Crippen LogP contribution < -0.4 is 0 Å². The molecule has 0 aromatic heterocycles. The molecule has 0 fully saturated rings. The highest BCUT2D eigenvalue weighted by molar-refractivity contribution is 6.36. The van der Waals surface area contributed by atoms with E-state index < -0.39 is 0 Å². The van der Waals surface area contributed by atoms with E-state index in [4.69, 9.17) is 23.2 Å². The van der Waals surface area contributed by atoms with Gasteiger partial charge in [-0.15, -0.1) is 0 Å². The van der Waals surface area contributed by atoms with Crippen molar-refractivity contribution in [2.24, 2.45) is 0 Å². The topological polar surface area (TPSA) is 40.5 Å². The number of aromatic hydroxyl groups is 2. The van der Waals surface area contributed by atoms with Crippen molar-refractivity contribution < 1.29 is 10.2 Å². The van der Waals surface area contributed by atoms with Crippen LogP contribution in [-0.4, -0.2) is 10.2 Å². The van der Waals surface area contributed by atoms with Crippen LogP contribution in [0.2, 0.25) is 10.0 Å². The van der Waals surface area contributed by atoms with E-state index in [0.717, 1.165) is 0 Å². The summed E-state index contributed by atoms with van der Waals surface area (Å²) in [6, 6.07) is 9.31. The second kappa shape index (κ2) is 4.24. The monoisotopic (exact) mass is 254 g/mol. The summed E-state index contributed by atoms with van der Waals surface area (Å²) in [4.78, 5) is 0. The first-order valence-corrected chi connectivity index (χ1v) is 5.31. The number of hydrogen-bond donors (Lipinski definition) is 2. The van der Waals surface area contributed by atoms with Gasteiger partial charge in [0.1, 0.15) is 11.5 Å². The standard InChI is InChI=1S/C12H8Cl2O2/c13-11-5-7(15)1-3-9(11)10-4-2-8(16)6-12(10)14/h1-6,15-16H. The van der Waals surface area contributed by atoms with E-state index in [9.17, 15) is 10.2 Å². The highest BCUT2D eigenvalue weighted by atomic mass is 35.5. The lowest BCUT2D eigenvalue weighted by molar-refractivity contribution is 0.474. The Labute approximate surface area is 103 Å². The molecule has 0 heterocycles. The fraction of sp³-hybridized carbons (Fsp3) is 0. The quantitative estimate of drug-likeness (QED) is 0.806. The molecule has 0 aliphatic heterocycles. The number of phenolic OH excluding ortho intramolecular Hbond substituents is 2. The van der Waals surface area contributed by atoms with Crippen LogP contribution in [0.1, 0.15) is 0 Å². The molecule has 0 radical (unpaired) electrons. The fourth-order valence-electron chi connectivity index (χ4n) is 1.44. The third kappa shape index (κ3) is 2.08. The first-order chi connectivity index (χ1) is 7.58. The zero-order chi connectivity index (χ0) is 11.7. The van der Waals surface area contributed by atoms with Gasteiger partial charge in [0.05, 0.1) is 10.0 Å². The Morgan fingerprint density at radius 3 is 1.38 bits per heavy atom. The van der Waals surface area contributed by atoms with Gasteiger partial charge in [0.25, 0.3) is 0 Å². The normalized spacial score (nSPS) is 10.4. The van der Waals surface area contributed by atoms with Crippen molar-refractivity contribution in [3.63, 3.8) is 0 Å². The minimum atomic E-state index is 0.101. The summed E-state index contributed by atoms with van der Waals surface area (Å²) in [6.45, 7) is 0. The maximum atomic E-state index is 9.24. The number of hydrogen-bond acceptors (Lipinski definition) is 2. The number of rotatable bonds is 1. The van der Waals surface area contributed by atoms with Gasteiger partial charge in [-0.2, -0.15) is 0 Å². The van der Waals surface area contributed by atoms with Gasteiger partial charge in [-0.05, 0) is 36.4 Å². The maximum absolute atomic E-state index is 9.24. The van der Waals surface area contributed by atoms with Gasteiger partial charge in [-0.25, -0.2) is 0 Å². The molecular formula is C12H8Cl2O2. The predicted octanol–water partition coefficient (Wildman–Crippen LogP) is 4.07. The molecule has 0 aliphatic rings. The molecule has 82 valence electrons. The van der Waals surface area contributed by atoms with Gasteiger partial charge < -0.3 is 10.2 Å². The van der Waals surface area contributed by atoms with Crippen LogP contribution in [0.4, 0.5) is 0 Å². The van der Waals surface area contributed by atoms with Crippen LogP contribution in [0.15, 0.2) is 36.4 Å². The largest absolute Gasteiger partial charge is 0.508 e. The smallest absolute Gasteiger partial charge is 0.117 e. The van der Waals surface area contributed by atoms with Gasteiger partial charge in [0.2, 0.25) is 0 Å². The molecular weight excluding hydrogens is 247 g/mol. The predicted molar refractivity (Wildman–Crippen MR) is 65.2 cm³/mol. The van der Waals surface area contributed by atoms with Crippen LogP contribution in [0, 0.1) is 0 Å². The summed E-state index contributed by atoms with van der Waals surface area (Å²) >= 11 is 12.0. The Bertz CT molecular complexity index is 489. The van der Waals surface area contributed by atoms with Gasteiger partial charge in [-0.3, -0.25) is 0 Å². The molecule has 0 aliphatic carbocycles. The van der Waals surface area contributed by atoms with E-state index in [1.807, 2.05) is 0 Å². The average molecular weight is 255 g/mol. The van der Waals surface area contributed by atoms with Crippen molar-refractivity contribution >= 4 is 23.2 Å². The molecule has 0 spiro atoms. The van der Waals surface area contributed by atoms with Crippen LogP contribution in [0.5, 0.6) is 11.5 Å². The van der Waals surface area contributed by atoms with E-state index in [2.05, 4.69) is 0 Å². The Balaban J connectivity index is 2.59. The zero-order valence-corrected chi connectivity index (χ0v) is 9.63. The van der Waals surface area contributed by atoms with Crippen LogP contribution in [0.25, 0.3) is 11.1 Å². The maximum Gasteiger partial charge on any atom is 0.117 e. The molecule has 0 atom stereocenters. The lowest BCUT2D eigenvalue weighted by Gasteiger charge is -2.07. The van der Waals surface area contributed by atoms with Gasteiger partial charge >= 0.3 is 0 Å². The summed E-state index contributed by atoms with van der Waals surface area (Å²) in [7, 11) is 0. The van der Waals surface area contributed by atoms with Crippen molar-refractivity contribution in [1.82, 2.24) is 0 Å². The number of phenols is 2. The van der Waals surface area contributed by atoms with Crippen LogP contribution in [0.3, 0.4) is 0 Å². The summed E-state index contributed by atoms with van der Waals surface area (Å²) in [6.07, 6.45) is 0. The Kier molecular flexibility index (Phi) is 2.95. The van der Waals surface area contributed by atoms with Crippen molar-refractivity contribution in [2.75, 3.05) is 0 Å². The van der Waals surface area contributed by atoms with Crippen LogP contribution >= 0.6 is 23.2 Å². The summed E-state index contributed by atoms with van der Waals surface area (Å²) < 4.78 is 0. The zero-order valence-electron chi connectivity index (χ0n) is 8.11. The van der Waals surface area contributed by atoms with E-state index in [-0.39, 0.29) is 11.5 Å². The van der Waals surface area contributed by atoms with Gasteiger partial charge in [0, 0.05) is 11.1 Å². The van der Waals surface area contributed by atoms with Crippen LogP contribution in [-0.2, 0) is 0 Å². The van der Waals surface area contributed by atoms with Crippen molar-refractivity contribution in [1.29, 1.82) is 0 Å².